The first kappa shape index (κ1) is 15.5. The lowest BCUT2D eigenvalue weighted by atomic mass is 10.1. The van der Waals surface area contributed by atoms with Crippen LogP contribution in [0.3, 0.4) is 0 Å². The zero-order valence-corrected chi connectivity index (χ0v) is 12.1. The van der Waals surface area contributed by atoms with Gasteiger partial charge in [-0.25, -0.2) is 0 Å². The molecule has 1 aromatic rings. The summed E-state index contributed by atoms with van der Waals surface area (Å²) in [4.78, 5) is 11.5. The number of amides is 1. The van der Waals surface area contributed by atoms with Crippen molar-refractivity contribution in [3.05, 3.63) is 29.8 Å². The molecule has 0 saturated carbocycles. The minimum atomic E-state index is -0.268. The van der Waals surface area contributed by atoms with Gasteiger partial charge in [-0.2, -0.15) is 0 Å². The Morgan fingerprint density at radius 3 is 2.37 bits per heavy atom. The van der Waals surface area contributed by atoms with Crippen molar-refractivity contribution in [2.75, 3.05) is 5.32 Å². The molecule has 106 valence electrons. The Morgan fingerprint density at radius 1 is 1.16 bits per heavy atom. The zero-order chi connectivity index (χ0) is 14.1. The van der Waals surface area contributed by atoms with Crippen LogP contribution in [0.4, 0.5) is 5.69 Å². The standard InChI is InChI=1S/C16H26N2O/c1-3-4-5-6-7-8-15(16(17)19)18-14-11-9-13(2)10-12-14/h9-12,15,18H,3-8H2,1-2H3,(H2,17,19). The molecule has 0 aliphatic rings. The molecule has 0 radical (unpaired) electrons. The van der Waals surface area contributed by atoms with Crippen LogP contribution in [-0.4, -0.2) is 11.9 Å². The van der Waals surface area contributed by atoms with E-state index in [4.69, 9.17) is 5.73 Å². The van der Waals surface area contributed by atoms with Gasteiger partial charge in [0.1, 0.15) is 6.04 Å². The minimum Gasteiger partial charge on any atom is -0.374 e. The molecule has 0 bridgehead atoms. The molecule has 0 spiro atoms. The molecule has 1 amide bonds. The van der Waals surface area contributed by atoms with Crippen molar-refractivity contribution in [2.24, 2.45) is 5.73 Å². The molecule has 3 N–H and O–H groups in total. The van der Waals surface area contributed by atoms with Crippen LogP contribution in [0, 0.1) is 6.92 Å². The Labute approximate surface area is 116 Å². The molecule has 0 saturated heterocycles. The second-order valence-electron chi connectivity index (χ2n) is 5.17. The van der Waals surface area contributed by atoms with Crippen LogP contribution in [0.5, 0.6) is 0 Å². The number of aryl methyl sites for hydroxylation is 1. The summed E-state index contributed by atoms with van der Waals surface area (Å²) in [6, 6.07) is 7.78. The fraction of sp³-hybridized carbons (Fsp3) is 0.562. The highest BCUT2D eigenvalue weighted by Crippen LogP contribution is 2.14. The van der Waals surface area contributed by atoms with Gasteiger partial charge in [0.25, 0.3) is 0 Å². The zero-order valence-electron chi connectivity index (χ0n) is 12.1. The van der Waals surface area contributed by atoms with Gasteiger partial charge in [0.15, 0.2) is 0 Å². The third-order valence-corrected chi connectivity index (χ3v) is 3.33. The molecule has 0 aromatic heterocycles. The van der Waals surface area contributed by atoms with E-state index in [0.717, 1.165) is 18.5 Å². The Morgan fingerprint density at radius 2 is 1.79 bits per heavy atom. The van der Waals surface area contributed by atoms with Gasteiger partial charge in [0.2, 0.25) is 5.91 Å². The van der Waals surface area contributed by atoms with E-state index in [0.29, 0.717) is 0 Å². The van der Waals surface area contributed by atoms with Crippen LogP contribution >= 0.6 is 0 Å². The quantitative estimate of drug-likeness (QED) is 0.668. The van der Waals surface area contributed by atoms with E-state index >= 15 is 0 Å². The highest BCUT2D eigenvalue weighted by molar-refractivity contribution is 5.82. The lowest BCUT2D eigenvalue weighted by molar-refractivity contribution is -0.118. The molecule has 0 aliphatic heterocycles. The smallest absolute Gasteiger partial charge is 0.239 e. The minimum absolute atomic E-state index is 0.260. The highest BCUT2D eigenvalue weighted by atomic mass is 16.1. The second-order valence-corrected chi connectivity index (χ2v) is 5.17. The van der Waals surface area contributed by atoms with Crippen molar-refractivity contribution in [3.63, 3.8) is 0 Å². The number of anilines is 1. The van der Waals surface area contributed by atoms with E-state index in [1.165, 1.54) is 31.2 Å². The Balaban J connectivity index is 2.40. The van der Waals surface area contributed by atoms with E-state index in [1.807, 2.05) is 31.2 Å². The van der Waals surface area contributed by atoms with Crippen LogP contribution in [-0.2, 0) is 4.79 Å². The number of carbonyl (C=O) groups excluding carboxylic acids is 1. The van der Waals surface area contributed by atoms with Gasteiger partial charge in [0, 0.05) is 5.69 Å². The predicted molar refractivity (Wildman–Crippen MR) is 81.2 cm³/mol. The summed E-state index contributed by atoms with van der Waals surface area (Å²) in [6.45, 7) is 4.24. The fourth-order valence-corrected chi connectivity index (χ4v) is 2.09. The molecule has 1 unspecified atom stereocenters. The normalized spacial score (nSPS) is 12.1. The number of unbranched alkanes of at least 4 members (excludes halogenated alkanes) is 4. The first-order valence-electron chi connectivity index (χ1n) is 7.26. The Bertz CT molecular complexity index is 373. The number of benzene rings is 1. The predicted octanol–water partition coefficient (Wildman–Crippen LogP) is 3.62. The number of hydrogen-bond acceptors (Lipinski definition) is 2. The Kier molecular flexibility index (Phi) is 7.01. The maximum atomic E-state index is 11.5. The number of rotatable bonds is 9. The number of carbonyl (C=O) groups is 1. The third kappa shape index (κ3) is 6.27. The van der Waals surface area contributed by atoms with E-state index in [2.05, 4.69) is 12.2 Å². The first-order valence-corrected chi connectivity index (χ1v) is 7.26. The average molecular weight is 262 g/mol. The van der Waals surface area contributed by atoms with Gasteiger partial charge in [0.05, 0.1) is 0 Å². The largest absolute Gasteiger partial charge is 0.374 e. The van der Waals surface area contributed by atoms with Crippen molar-refractivity contribution < 1.29 is 4.79 Å². The molecule has 3 nitrogen and oxygen atoms in total. The van der Waals surface area contributed by atoms with Crippen LogP contribution in [0.2, 0.25) is 0 Å². The topological polar surface area (TPSA) is 55.1 Å². The Hall–Kier alpha value is -1.51. The monoisotopic (exact) mass is 262 g/mol. The summed E-state index contributed by atoms with van der Waals surface area (Å²) >= 11 is 0. The van der Waals surface area contributed by atoms with Gasteiger partial charge >= 0.3 is 0 Å². The lowest BCUT2D eigenvalue weighted by Gasteiger charge is -2.16. The van der Waals surface area contributed by atoms with Crippen LogP contribution in [0.1, 0.15) is 51.0 Å². The first-order chi connectivity index (χ1) is 9.13. The fourth-order valence-electron chi connectivity index (χ4n) is 2.09. The van der Waals surface area contributed by atoms with Gasteiger partial charge < -0.3 is 11.1 Å². The van der Waals surface area contributed by atoms with Crippen molar-refractivity contribution in [3.8, 4) is 0 Å². The van der Waals surface area contributed by atoms with Crippen LogP contribution in [0.15, 0.2) is 24.3 Å². The van der Waals surface area contributed by atoms with Gasteiger partial charge in [-0.3, -0.25) is 4.79 Å². The number of nitrogens with one attached hydrogen (secondary N) is 1. The highest BCUT2D eigenvalue weighted by Gasteiger charge is 2.14. The number of primary amides is 1. The van der Waals surface area contributed by atoms with Crippen molar-refractivity contribution in [2.45, 2.75) is 58.4 Å². The lowest BCUT2D eigenvalue weighted by Crippen LogP contribution is -2.35. The van der Waals surface area contributed by atoms with Gasteiger partial charge in [-0.15, -0.1) is 0 Å². The van der Waals surface area contributed by atoms with Crippen molar-refractivity contribution in [1.82, 2.24) is 0 Å². The number of nitrogens with two attached hydrogens (primary N) is 1. The summed E-state index contributed by atoms with van der Waals surface area (Å²) < 4.78 is 0. The maximum Gasteiger partial charge on any atom is 0.239 e. The van der Waals surface area contributed by atoms with Crippen LogP contribution < -0.4 is 11.1 Å². The summed E-state index contributed by atoms with van der Waals surface area (Å²) in [5.41, 5.74) is 7.62. The third-order valence-electron chi connectivity index (χ3n) is 3.33. The van der Waals surface area contributed by atoms with E-state index < -0.39 is 0 Å². The molecule has 1 rings (SSSR count). The molecule has 0 aliphatic carbocycles. The van der Waals surface area contributed by atoms with E-state index in [1.54, 1.807) is 0 Å². The molecule has 0 fully saturated rings. The van der Waals surface area contributed by atoms with Gasteiger partial charge in [-0.1, -0.05) is 56.7 Å². The van der Waals surface area contributed by atoms with E-state index in [-0.39, 0.29) is 11.9 Å². The summed E-state index contributed by atoms with van der Waals surface area (Å²) in [6.07, 6.45) is 6.78. The number of hydrogen-bond donors (Lipinski definition) is 2. The SMILES string of the molecule is CCCCCCCC(Nc1ccc(C)cc1)C(N)=O. The molecule has 3 heteroatoms. The molecule has 19 heavy (non-hydrogen) atoms. The molecule has 1 aromatic carbocycles. The summed E-state index contributed by atoms with van der Waals surface area (Å²) in [5.74, 6) is -0.268. The van der Waals surface area contributed by atoms with E-state index in [9.17, 15) is 4.79 Å². The average Bonchev–Trinajstić information content (AvgIpc) is 2.39. The van der Waals surface area contributed by atoms with Crippen molar-refractivity contribution >= 4 is 11.6 Å². The van der Waals surface area contributed by atoms with Gasteiger partial charge in [-0.05, 0) is 25.5 Å². The van der Waals surface area contributed by atoms with Crippen molar-refractivity contribution in [1.29, 1.82) is 0 Å². The summed E-state index contributed by atoms with van der Waals surface area (Å²) in [5, 5.41) is 3.22. The summed E-state index contributed by atoms with van der Waals surface area (Å²) in [7, 11) is 0. The molecule has 1 atom stereocenters. The molecular weight excluding hydrogens is 236 g/mol. The second kappa shape index (κ2) is 8.57. The molecular formula is C16H26N2O. The molecule has 0 heterocycles. The maximum absolute atomic E-state index is 11.5. The van der Waals surface area contributed by atoms with Crippen LogP contribution in [0.25, 0.3) is 0 Å².